The van der Waals surface area contributed by atoms with E-state index in [1.807, 2.05) is 14.1 Å². The van der Waals surface area contributed by atoms with Gasteiger partial charge >= 0.3 is 0 Å². The van der Waals surface area contributed by atoms with Gasteiger partial charge in [-0.25, -0.2) is 0 Å². The minimum Gasteiger partial charge on any atom is -0.378 e. The highest BCUT2D eigenvalue weighted by atomic mass is 16.5. The van der Waals surface area contributed by atoms with Crippen molar-refractivity contribution in [2.75, 3.05) is 44.5 Å². The number of fused-ring (bicyclic) bond motifs is 1. The highest BCUT2D eigenvalue weighted by Crippen LogP contribution is 2.41. The Morgan fingerprint density at radius 2 is 1.95 bits per heavy atom. The Labute approximate surface area is 116 Å². The minimum absolute atomic E-state index is 0.327. The van der Waals surface area contributed by atoms with E-state index in [4.69, 9.17) is 0 Å². The lowest BCUT2D eigenvalue weighted by atomic mass is 9.86. The van der Waals surface area contributed by atoms with Crippen molar-refractivity contribution < 1.29 is 5.21 Å². The lowest BCUT2D eigenvalue weighted by Crippen LogP contribution is -2.39. The summed E-state index contributed by atoms with van der Waals surface area (Å²) in [6.07, 6.45) is 2.03. The summed E-state index contributed by atoms with van der Waals surface area (Å²) in [5.41, 5.74) is 3.25. The van der Waals surface area contributed by atoms with Crippen molar-refractivity contribution in [1.82, 2.24) is 5.06 Å². The molecule has 0 radical (unpaired) electrons. The Morgan fingerprint density at radius 3 is 2.53 bits per heavy atom. The molecule has 4 heteroatoms. The summed E-state index contributed by atoms with van der Waals surface area (Å²) in [6.45, 7) is 3.14. The van der Waals surface area contributed by atoms with Crippen LogP contribution in [0.5, 0.6) is 0 Å². The van der Waals surface area contributed by atoms with Crippen LogP contribution < -0.4 is 9.80 Å². The predicted octanol–water partition coefficient (Wildman–Crippen LogP) is 2.52. The molecule has 0 bridgehead atoms. The number of rotatable bonds is 2. The number of hydrogen-bond donors (Lipinski definition) is 1. The normalized spacial score (nSPS) is 23.2. The van der Waals surface area contributed by atoms with Crippen LogP contribution in [0.1, 0.15) is 25.3 Å². The van der Waals surface area contributed by atoms with Crippen LogP contribution in [0.3, 0.4) is 0 Å². The van der Waals surface area contributed by atoms with Gasteiger partial charge in [0.1, 0.15) is 0 Å². The fourth-order valence-corrected chi connectivity index (χ4v) is 2.82. The molecule has 19 heavy (non-hydrogen) atoms. The molecule has 0 amide bonds. The van der Waals surface area contributed by atoms with E-state index in [1.54, 1.807) is 7.05 Å². The third kappa shape index (κ3) is 2.42. The van der Waals surface area contributed by atoms with Gasteiger partial charge in [-0.05, 0) is 43.5 Å². The SMILES string of the molecule is CN(C)c1ccc2c(c1)C(C)(N(C)O)CCCN2C. The molecule has 4 nitrogen and oxygen atoms in total. The van der Waals surface area contributed by atoms with Gasteiger partial charge in [0.25, 0.3) is 0 Å². The van der Waals surface area contributed by atoms with Crippen LogP contribution in [0.25, 0.3) is 0 Å². The first-order chi connectivity index (χ1) is 8.86. The smallest absolute Gasteiger partial charge is 0.0698 e. The first kappa shape index (κ1) is 14.2. The quantitative estimate of drug-likeness (QED) is 0.830. The lowest BCUT2D eigenvalue weighted by Gasteiger charge is -2.36. The largest absolute Gasteiger partial charge is 0.378 e. The first-order valence-electron chi connectivity index (χ1n) is 6.82. The predicted molar refractivity (Wildman–Crippen MR) is 80.2 cm³/mol. The lowest BCUT2D eigenvalue weighted by molar-refractivity contribution is -0.153. The van der Waals surface area contributed by atoms with Gasteiger partial charge in [0.05, 0.1) is 5.54 Å². The van der Waals surface area contributed by atoms with Gasteiger partial charge in [0, 0.05) is 46.1 Å². The molecule has 1 atom stereocenters. The van der Waals surface area contributed by atoms with Crippen molar-refractivity contribution in [1.29, 1.82) is 0 Å². The van der Waals surface area contributed by atoms with Crippen molar-refractivity contribution >= 4 is 11.4 Å². The second-order valence-corrected chi connectivity index (χ2v) is 5.92. The Kier molecular flexibility index (Phi) is 3.74. The summed E-state index contributed by atoms with van der Waals surface area (Å²) in [5, 5.41) is 11.5. The van der Waals surface area contributed by atoms with Crippen molar-refractivity contribution in [3.05, 3.63) is 23.8 Å². The monoisotopic (exact) mass is 263 g/mol. The molecular weight excluding hydrogens is 238 g/mol. The van der Waals surface area contributed by atoms with Gasteiger partial charge in [-0.1, -0.05) is 0 Å². The molecule has 1 aromatic rings. The van der Waals surface area contributed by atoms with Crippen LogP contribution in [0.2, 0.25) is 0 Å². The molecule has 0 aliphatic carbocycles. The molecule has 1 aromatic carbocycles. The van der Waals surface area contributed by atoms with Crippen molar-refractivity contribution in [3.8, 4) is 0 Å². The average Bonchev–Trinajstić information content (AvgIpc) is 2.48. The van der Waals surface area contributed by atoms with Gasteiger partial charge in [0.2, 0.25) is 0 Å². The molecule has 0 saturated carbocycles. The van der Waals surface area contributed by atoms with Gasteiger partial charge in [-0.2, -0.15) is 5.06 Å². The summed E-state index contributed by atoms with van der Waals surface area (Å²) >= 11 is 0. The van der Waals surface area contributed by atoms with Crippen LogP contribution in [0, 0.1) is 0 Å². The van der Waals surface area contributed by atoms with Gasteiger partial charge in [-0.15, -0.1) is 0 Å². The van der Waals surface area contributed by atoms with Gasteiger partial charge in [-0.3, -0.25) is 0 Å². The van der Waals surface area contributed by atoms with E-state index in [-0.39, 0.29) is 5.54 Å². The maximum atomic E-state index is 10.1. The van der Waals surface area contributed by atoms with Crippen LogP contribution in [-0.2, 0) is 5.54 Å². The zero-order valence-electron chi connectivity index (χ0n) is 12.6. The van der Waals surface area contributed by atoms with Crippen molar-refractivity contribution in [2.45, 2.75) is 25.3 Å². The summed E-state index contributed by atoms with van der Waals surface area (Å²) in [6, 6.07) is 6.50. The van der Waals surface area contributed by atoms with E-state index in [2.05, 4.69) is 42.0 Å². The van der Waals surface area contributed by atoms with Crippen molar-refractivity contribution in [3.63, 3.8) is 0 Å². The third-order valence-corrected chi connectivity index (χ3v) is 4.36. The van der Waals surface area contributed by atoms with E-state index < -0.39 is 0 Å². The number of hydrogen-bond acceptors (Lipinski definition) is 4. The van der Waals surface area contributed by atoms with E-state index >= 15 is 0 Å². The summed E-state index contributed by atoms with van der Waals surface area (Å²) in [4.78, 5) is 4.38. The van der Waals surface area contributed by atoms with Crippen LogP contribution in [-0.4, -0.2) is 45.0 Å². The number of nitrogens with zero attached hydrogens (tertiary/aromatic N) is 3. The van der Waals surface area contributed by atoms with Crippen LogP contribution in [0.4, 0.5) is 11.4 Å². The highest BCUT2D eigenvalue weighted by molar-refractivity contribution is 5.64. The molecule has 1 N–H and O–H groups in total. The number of hydroxylamine groups is 2. The number of anilines is 2. The molecule has 0 fully saturated rings. The fourth-order valence-electron chi connectivity index (χ4n) is 2.82. The van der Waals surface area contributed by atoms with Crippen LogP contribution in [0.15, 0.2) is 18.2 Å². The summed E-state index contributed by atoms with van der Waals surface area (Å²) < 4.78 is 0. The summed E-state index contributed by atoms with van der Waals surface area (Å²) in [7, 11) is 7.96. The molecular formula is C15H25N3O. The van der Waals surface area contributed by atoms with Crippen LogP contribution >= 0.6 is 0 Å². The summed E-state index contributed by atoms with van der Waals surface area (Å²) in [5.74, 6) is 0. The standard InChI is InChI=1S/C15H25N3O/c1-15(18(5)19)9-6-10-17(4)14-8-7-12(16(2)3)11-13(14)15/h7-8,11,19H,6,9-10H2,1-5H3. The molecule has 0 spiro atoms. The van der Waals surface area contributed by atoms with E-state index in [0.717, 1.165) is 19.4 Å². The topological polar surface area (TPSA) is 30.0 Å². The fraction of sp³-hybridized carbons (Fsp3) is 0.600. The van der Waals surface area contributed by atoms with E-state index in [0.29, 0.717) is 0 Å². The van der Waals surface area contributed by atoms with E-state index in [9.17, 15) is 5.21 Å². The molecule has 106 valence electrons. The average molecular weight is 263 g/mol. The Hall–Kier alpha value is -1.26. The molecule has 2 rings (SSSR count). The highest BCUT2D eigenvalue weighted by Gasteiger charge is 2.35. The minimum atomic E-state index is -0.327. The molecule has 1 aliphatic rings. The first-order valence-corrected chi connectivity index (χ1v) is 6.82. The molecule has 0 saturated heterocycles. The number of benzene rings is 1. The molecule has 1 unspecified atom stereocenters. The van der Waals surface area contributed by atoms with Crippen molar-refractivity contribution in [2.24, 2.45) is 0 Å². The van der Waals surface area contributed by atoms with E-state index in [1.165, 1.54) is 22.0 Å². The Bertz CT molecular complexity index is 459. The van der Waals surface area contributed by atoms with Gasteiger partial charge < -0.3 is 15.0 Å². The third-order valence-electron chi connectivity index (χ3n) is 4.36. The Balaban J connectivity index is 2.60. The maximum Gasteiger partial charge on any atom is 0.0698 e. The Morgan fingerprint density at radius 1 is 1.26 bits per heavy atom. The second kappa shape index (κ2) is 5.02. The molecule has 0 aromatic heterocycles. The second-order valence-electron chi connectivity index (χ2n) is 5.92. The maximum absolute atomic E-state index is 10.1. The zero-order chi connectivity index (χ0) is 14.2. The van der Waals surface area contributed by atoms with Gasteiger partial charge in [0.15, 0.2) is 0 Å². The zero-order valence-corrected chi connectivity index (χ0v) is 12.6. The molecule has 1 aliphatic heterocycles. The molecule has 1 heterocycles.